The molecule has 1 aliphatic heterocycles. The molecule has 0 radical (unpaired) electrons. The van der Waals surface area contributed by atoms with Crippen molar-refractivity contribution in [3.8, 4) is 0 Å². The molecule has 0 bridgehead atoms. The van der Waals surface area contributed by atoms with Crippen molar-refractivity contribution in [2.75, 3.05) is 26.2 Å². The average molecular weight is 279 g/mol. The quantitative estimate of drug-likeness (QED) is 0.625. The van der Waals surface area contributed by atoms with Crippen molar-refractivity contribution in [3.05, 3.63) is 18.0 Å². The Morgan fingerprint density at radius 2 is 2.20 bits per heavy atom. The molecule has 6 heteroatoms. The van der Waals surface area contributed by atoms with Gasteiger partial charge in [0.15, 0.2) is 5.96 Å². The summed E-state index contributed by atoms with van der Waals surface area (Å²) in [6, 6.07) is 2.03. The molecule has 0 unspecified atom stereocenters. The molecule has 20 heavy (non-hydrogen) atoms. The average Bonchev–Trinajstić information content (AvgIpc) is 3.04. The van der Waals surface area contributed by atoms with Crippen molar-refractivity contribution in [2.24, 2.45) is 18.0 Å². The zero-order valence-corrected chi connectivity index (χ0v) is 12.6. The van der Waals surface area contributed by atoms with Gasteiger partial charge in [-0.05, 0) is 26.3 Å². The van der Waals surface area contributed by atoms with E-state index in [2.05, 4.69) is 34.6 Å². The van der Waals surface area contributed by atoms with Crippen LogP contribution in [0, 0.1) is 5.92 Å². The van der Waals surface area contributed by atoms with Gasteiger partial charge in [0.25, 0.3) is 0 Å². The normalized spacial score (nSPS) is 21.8. The van der Waals surface area contributed by atoms with Gasteiger partial charge >= 0.3 is 0 Å². The van der Waals surface area contributed by atoms with E-state index in [4.69, 9.17) is 4.74 Å². The number of nitrogens with one attached hydrogen (secondary N) is 2. The van der Waals surface area contributed by atoms with E-state index in [1.165, 1.54) is 0 Å². The van der Waals surface area contributed by atoms with Crippen LogP contribution in [0.3, 0.4) is 0 Å². The number of rotatable bonds is 5. The van der Waals surface area contributed by atoms with E-state index in [9.17, 15) is 0 Å². The molecule has 2 heterocycles. The maximum atomic E-state index is 5.87. The van der Waals surface area contributed by atoms with Gasteiger partial charge in [-0.2, -0.15) is 5.10 Å². The van der Waals surface area contributed by atoms with Crippen LogP contribution in [-0.4, -0.2) is 42.0 Å². The lowest BCUT2D eigenvalue weighted by Crippen LogP contribution is -2.37. The molecule has 1 aliphatic rings. The van der Waals surface area contributed by atoms with Crippen LogP contribution in [-0.2, 0) is 11.8 Å². The van der Waals surface area contributed by atoms with E-state index >= 15 is 0 Å². The highest BCUT2D eigenvalue weighted by Crippen LogP contribution is 2.34. The van der Waals surface area contributed by atoms with Crippen molar-refractivity contribution in [2.45, 2.75) is 26.4 Å². The number of aryl methyl sites for hydroxylation is 1. The van der Waals surface area contributed by atoms with Crippen LogP contribution in [0.1, 0.15) is 32.1 Å². The number of hydrogen-bond donors (Lipinski definition) is 2. The predicted molar refractivity (Wildman–Crippen MR) is 79.7 cm³/mol. The largest absolute Gasteiger partial charge is 0.372 e. The Labute approximate surface area is 120 Å². The van der Waals surface area contributed by atoms with Gasteiger partial charge in [0.1, 0.15) is 6.10 Å². The summed E-state index contributed by atoms with van der Waals surface area (Å²) in [6.45, 7) is 7.46. The van der Waals surface area contributed by atoms with Gasteiger partial charge in [-0.15, -0.1) is 0 Å². The molecule has 0 saturated carbocycles. The van der Waals surface area contributed by atoms with E-state index in [0.29, 0.717) is 5.92 Å². The van der Waals surface area contributed by atoms with E-state index in [0.717, 1.165) is 44.3 Å². The highest BCUT2D eigenvalue weighted by atomic mass is 16.5. The SMILES string of the molecule is CCNC(=NC[C@@H]1CCO[C@H]1c1ccnn1C)NCC. The second kappa shape index (κ2) is 7.28. The van der Waals surface area contributed by atoms with Gasteiger partial charge in [0.05, 0.1) is 5.69 Å². The highest BCUT2D eigenvalue weighted by molar-refractivity contribution is 5.79. The molecule has 0 spiro atoms. The molecule has 1 aromatic rings. The Bertz CT molecular complexity index is 435. The van der Waals surface area contributed by atoms with Crippen LogP contribution in [0.5, 0.6) is 0 Å². The molecule has 6 nitrogen and oxygen atoms in total. The summed E-state index contributed by atoms with van der Waals surface area (Å²) >= 11 is 0. The second-order valence-corrected chi connectivity index (χ2v) is 4.97. The van der Waals surface area contributed by atoms with Crippen molar-refractivity contribution >= 4 is 5.96 Å². The lowest BCUT2D eigenvalue weighted by molar-refractivity contribution is 0.0858. The topological polar surface area (TPSA) is 63.5 Å². The first-order valence-electron chi connectivity index (χ1n) is 7.38. The van der Waals surface area contributed by atoms with Gasteiger partial charge in [0.2, 0.25) is 0 Å². The fourth-order valence-corrected chi connectivity index (χ4v) is 2.53. The molecule has 1 aromatic heterocycles. The Kier molecular flexibility index (Phi) is 5.40. The lowest BCUT2D eigenvalue weighted by Gasteiger charge is -2.18. The van der Waals surface area contributed by atoms with Crippen molar-refractivity contribution < 1.29 is 4.74 Å². The smallest absolute Gasteiger partial charge is 0.191 e. The van der Waals surface area contributed by atoms with Gasteiger partial charge in [0, 0.05) is 45.4 Å². The lowest BCUT2D eigenvalue weighted by atomic mass is 9.99. The van der Waals surface area contributed by atoms with E-state index in [1.54, 1.807) is 0 Å². The van der Waals surface area contributed by atoms with Gasteiger partial charge < -0.3 is 15.4 Å². The summed E-state index contributed by atoms with van der Waals surface area (Å²) < 4.78 is 7.76. The van der Waals surface area contributed by atoms with Gasteiger partial charge in [-0.25, -0.2) is 0 Å². The molecular weight excluding hydrogens is 254 g/mol. The third kappa shape index (κ3) is 3.50. The molecule has 2 atom stereocenters. The fraction of sp³-hybridized carbons (Fsp3) is 0.714. The molecule has 0 aromatic carbocycles. The van der Waals surface area contributed by atoms with Crippen LogP contribution in [0.4, 0.5) is 0 Å². The number of ether oxygens (including phenoxy) is 1. The summed E-state index contributed by atoms with van der Waals surface area (Å²) in [4.78, 5) is 4.66. The maximum Gasteiger partial charge on any atom is 0.191 e. The van der Waals surface area contributed by atoms with E-state index < -0.39 is 0 Å². The molecule has 2 rings (SSSR count). The van der Waals surface area contributed by atoms with Crippen LogP contribution < -0.4 is 10.6 Å². The third-order valence-electron chi connectivity index (χ3n) is 3.54. The standard InChI is InChI=1S/C14H25N5O/c1-4-15-14(16-5-2)17-10-11-7-9-20-13(11)12-6-8-18-19(12)3/h6,8,11,13H,4-5,7,9-10H2,1-3H3,(H2,15,16,17)/t11-,13+/m0/s1. The van der Waals surface area contributed by atoms with Crippen LogP contribution in [0.15, 0.2) is 17.3 Å². The summed E-state index contributed by atoms with van der Waals surface area (Å²) in [5.41, 5.74) is 1.14. The zero-order valence-electron chi connectivity index (χ0n) is 12.6. The molecular formula is C14H25N5O. The Balaban J connectivity index is 2.00. The van der Waals surface area contributed by atoms with Crippen molar-refractivity contribution in [3.63, 3.8) is 0 Å². The van der Waals surface area contributed by atoms with Crippen LogP contribution in [0.2, 0.25) is 0 Å². The third-order valence-corrected chi connectivity index (χ3v) is 3.54. The molecule has 2 N–H and O–H groups in total. The monoisotopic (exact) mass is 279 g/mol. The number of guanidine groups is 1. The summed E-state index contributed by atoms with van der Waals surface area (Å²) in [6.07, 6.45) is 2.97. The number of nitrogens with zero attached hydrogens (tertiary/aromatic N) is 3. The first-order valence-corrected chi connectivity index (χ1v) is 7.38. The first kappa shape index (κ1) is 14.8. The fourth-order valence-electron chi connectivity index (χ4n) is 2.53. The molecule has 112 valence electrons. The summed E-state index contributed by atoms with van der Waals surface area (Å²) in [5, 5.41) is 10.7. The second-order valence-electron chi connectivity index (χ2n) is 4.97. The first-order chi connectivity index (χ1) is 9.76. The number of hydrogen-bond acceptors (Lipinski definition) is 3. The van der Waals surface area contributed by atoms with Crippen molar-refractivity contribution in [1.29, 1.82) is 0 Å². The Hall–Kier alpha value is -1.56. The maximum absolute atomic E-state index is 5.87. The number of aromatic nitrogens is 2. The summed E-state index contributed by atoms with van der Waals surface area (Å²) in [5.74, 6) is 1.29. The van der Waals surface area contributed by atoms with Gasteiger partial charge in [-0.3, -0.25) is 9.67 Å². The Morgan fingerprint density at radius 3 is 2.80 bits per heavy atom. The van der Waals surface area contributed by atoms with E-state index in [-0.39, 0.29) is 6.10 Å². The minimum absolute atomic E-state index is 0.107. The minimum Gasteiger partial charge on any atom is -0.372 e. The Morgan fingerprint density at radius 1 is 1.45 bits per heavy atom. The molecule has 0 amide bonds. The number of aliphatic imine (C=N–C) groups is 1. The van der Waals surface area contributed by atoms with E-state index in [1.807, 2.05) is 24.0 Å². The van der Waals surface area contributed by atoms with Crippen molar-refractivity contribution in [1.82, 2.24) is 20.4 Å². The summed E-state index contributed by atoms with van der Waals surface area (Å²) in [7, 11) is 1.96. The predicted octanol–water partition coefficient (Wildman–Crippen LogP) is 1.07. The molecule has 1 saturated heterocycles. The zero-order chi connectivity index (χ0) is 14.4. The minimum atomic E-state index is 0.107. The van der Waals surface area contributed by atoms with Gasteiger partial charge in [-0.1, -0.05) is 0 Å². The molecule has 0 aliphatic carbocycles. The van der Waals surface area contributed by atoms with Crippen LogP contribution in [0.25, 0.3) is 0 Å². The van der Waals surface area contributed by atoms with Crippen LogP contribution >= 0.6 is 0 Å². The molecule has 1 fully saturated rings. The highest BCUT2D eigenvalue weighted by Gasteiger charge is 2.31.